The number of halogens is 1. The fraction of sp³-hybridized carbons (Fsp3) is 0.286. The van der Waals surface area contributed by atoms with Crippen LogP contribution in [0.3, 0.4) is 0 Å². The Balaban J connectivity index is 1.85. The highest BCUT2D eigenvalue weighted by Crippen LogP contribution is 2.28. The van der Waals surface area contributed by atoms with Crippen LogP contribution in [0.15, 0.2) is 41.0 Å². The minimum absolute atomic E-state index is 0.252. The van der Waals surface area contributed by atoms with Gasteiger partial charge in [-0.05, 0) is 24.6 Å². The highest BCUT2D eigenvalue weighted by Gasteiger charge is 2.24. The van der Waals surface area contributed by atoms with Gasteiger partial charge in [-0.25, -0.2) is 0 Å². The Morgan fingerprint density at radius 2 is 2.00 bits per heavy atom. The van der Waals surface area contributed by atoms with Crippen molar-refractivity contribution in [3.63, 3.8) is 0 Å². The largest absolute Gasteiger partial charge is 0.300 e. The minimum Gasteiger partial charge on any atom is -0.300 e. The molecular formula is C14H13BrN2O. The van der Waals surface area contributed by atoms with Gasteiger partial charge >= 0.3 is 0 Å². The number of carbonyl (C=O) groups excluding carboxylic acids is 1. The average Bonchev–Trinajstić information content (AvgIpc) is 2.98. The molecule has 0 aliphatic heterocycles. The van der Waals surface area contributed by atoms with E-state index in [0.29, 0.717) is 18.6 Å². The van der Waals surface area contributed by atoms with E-state index in [2.05, 4.69) is 21.0 Å². The summed E-state index contributed by atoms with van der Waals surface area (Å²) < 4.78 is 2.99. The fourth-order valence-corrected chi connectivity index (χ4v) is 2.60. The summed E-state index contributed by atoms with van der Waals surface area (Å²) >= 11 is 3.42. The summed E-state index contributed by atoms with van der Waals surface area (Å²) in [4.78, 5) is 11.3. The van der Waals surface area contributed by atoms with Gasteiger partial charge in [-0.15, -0.1) is 0 Å². The number of ketones is 1. The van der Waals surface area contributed by atoms with Gasteiger partial charge in [-0.2, -0.15) is 5.10 Å². The van der Waals surface area contributed by atoms with Crippen LogP contribution in [0, 0.1) is 0 Å². The second-order valence-corrected chi connectivity index (χ2v) is 5.54. The van der Waals surface area contributed by atoms with Gasteiger partial charge < -0.3 is 0 Å². The van der Waals surface area contributed by atoms with Crippen LogP contribution in [0.5, 0.6) is 0 Å². The molecule has 92 valence electrons. The molecule has 1 aromatic carbocycles. The van der Waals surface area contributed by atoms with E-state index in [4.69, 9.17) is 0 Å². The van der Waals surface area contributed by atoms with Crippen molar-refractivity contribution < 1.29 is 4.79 Å². The van der Waals surface area contributed by atoms with Crippen molar-refractivity contribution in [3.05, 3.63) is 41.0 Å². The zero-order valence-corrected chi connectivity index (χ0v) is 11.4. The Bertz CT molecular complexity index is 574. The van der Waals surface area contributed by atoms with Crippen LogP contribution in [-0.4, -0.2) is 15.6 Å². The van der Waals surface area contributed by atoms with Gasteiger partial charge in [-0.3, -0.25) is 9.48 Å². The number of rotatable bonds is 2. The van der Waals surface area contributed by atoms with Crippen molar-refractivity contribution in [1.82, 2.24) is 9.78 Å². The summed E-state index contributed by atoms with van der Waals surface area (Å²) in [5, 5.41) is 4.58. The lowest BCUT2D eigenvalue weighted by Crippen LogP contribution is -2.06. The molecule has 4 heteroatoms. The first-order valence-corrected chi connectivity index (χ1v) is 6.84. The Kier molecular flexibility index (Phi) is 3.04. The van der Waals surface area contributed by atoms with Gasteiger partial charge in [0.1, 0.15) is 5.78 Å². The van der Waals surface area contributed by atoms with Crippen LogP contribution in [-0.2, 0) is 4.79 Å². The maximum atomic E-state index is 11.3. The summed E-state index contributed by atoms with van der Waals surface area (Å²) in [5.74, 6) is 0.348. The lowest BCUT2D eigenvalue weighted by molar-refractivity contribution is -0.117. The van der Waals surface area contributed by atoms with E-state index in [9.17, 15) is 4.79 Å². The molecule has 1 fully saturated rings. The smallest absolute Gasteiger partial charge is 0.135 e. The highest BCUT2D eigenvalue weighted by atomic mass is 79.9. The molecule has 3 rings (SSSR count). The molecule has 2 aromatic rings. The van der Waals surface area contributed by atoms with Crippen molar-refractivity contribution >= 4 is 21.7 Å². The predicted molar refractivity (Wildman–Crippen MR) is 73.3 cm³/mol. The third kappa shape index (κ3) is 2.25. The van der Waals surface area contributed by atoms with Gasteiger partial charge in [0.25, 0.3) is 0 Å². The summed E-state index contributed by atoms with van der Waals surface area (Å²) in [7, 11) is 0. The van der Waals surface area contributed by atoms with Gasteiger partial charge in [0.05, 0.1) is 11.7 Å². The van der Waals surface area contributed by atoms with E-state index in [1.807, 2.05) is 41.2 Å². The number of Topliss-reactive ketones (excluding diaryl/α,β-unsaturated/α-hetero) is 1. The number of carbonyl (C=O) groups is 1. The quantitative estimate of drug-likeness (QED) is 0.849. The van der Waals surface area contributed by atoms with Crippen LogP contribution in [0.1, 0.15) is 25.3 Å². The van der Waals surface area contributed by atoms with E-state index in [1.54, 1.807) is 0 Å². The molecule has 18 heavy (non-hydrogen) atoms. The molecule has 0 spiro atoms. The molecule has 0 radical (unpaired) electrons. The Morgan fingerprint density at radius 3 is 2.67 bits per heavy atom. The zero-order chi connectivity index (χ0) is 12.5. The SMILES string of the molecule is O=C1CCC(n2ccc(-c3ccc(Br)cc3)n2)C1. The van der Waals surface area contributed by atoms with E-state index in [1.165, 1.54) is 0 Å². The molecule has 1 atom stereocenters. The predicted octanol–water partition coefficient (Wildman–Crippen LogP) is 3.61. The van der Waals surface area contributed by atoms with Gasteiger partial charge in [0, 0.05) is 29.1 Å². The summed E-state index contributed by atoms with van der Waals surface area (Å²) in [5.41, 5.74) is 2.06. The van der Waals surface area contributed by atoms with Gasteiger partial charge in [0.15, 0.2) is 0 Å². The van der Waals surface area contributed by atoms with Crippen molar-refractivity contribution in [3.8, 4) is 11.3 Å². The van der Waals surface area contributed by atoms with Crippen LogP contribution < -0.4 is 0 Å². The molecule has 1 heterocycles. The zero-order valence-electron chi connectivity index (χ0n) is 9.84. The van der Waals surface area contributed by atoms with E-state index in [-0.39, 0.29) is 6.04 Å². The van der Waals surface area contributed by atoms with Crippen LogP contribution >= 0.6 is 15.9 Å². The third-order valence-corrected chi connectivity index (χ3v) is 3.87. The lowest BCUT2D eigenvalue weighted by Gasteiger charge is -2.07. The maximum Gasteiger partial charge on any atom is 0.135 e. The number of hydrogen-bond acceptors (Lipinski definition) is 2. The molecule has 1 aliphatic rings. The average molecular weight is 305 g/mol. The van der Waals surface area contributed by atoms with Crippen LogP contribution in [0.4, 0.5) is 0 Å². The third-order valence-electron chi connectivity index (χ3n) is 3.34. The molecule has 1 aliphatic carbocycles. The van der Waals surface area contributed by atoms with Gasteiger partial charge in [0.2, 0.25) is 0 Å². The topological polar surface area (TPSA) is 34.9 Å². The molecule has 0 N–H and O–H groups in total. The summed E-state index contributed by atoms with van der Waals surface area (Å²) in [6.45, 7) is 0. The number of nitrogens with zero attached hydrogens (tertiary/aromatic N) is 2. The molecule has 1 unspecified atom stereocenters. The summed E-state index contributed by atoms with van der Waals surface area (Å²) in [6, 6.07) is 10.3. The first-order valence-electron chi connectivity index (χ1n) is 6.05. The highest BCUT2D eigenvalue weighted by molar-refractivity contribution is 9.10. The molecule has 1 aromatic heterocycles. The van der Waals surface area contributed by atoms with E-state index in [0.717, 1.165) is 22.2 Å². The van der Waals surface area contributed by atoms with Crippen molar-refractivity contribution in [1.29, 1.82) is 0 Å². The number of hydrogen-bond donors (Lipinski definition) is 0. The first kappa shape index (κ1) is 11.7. The molecule has 1 saturated carbocycles. The lowest BCUT2D eigenvalue weighted by atomic mass is 10.2. The Morgan fingerprint density at radius 1 is 1.22 bits per heavy atom. The minimum atomic E-state index is 0.252. The van der Waals surface area contributed by atoms with Crippen molar-refractivity contribution in [2.24, 2.45) is 0 Å². The van der Waals surface area contributed by atoms with Crippen molar-refractivity contribution in [2.75, 3.05) is 0 Å². The number of aromatic nitrogens is 2. The Hall–Kier alpha value is -1.42. The molecule has 3 nitrogen and oxygen atoms in total. The Labute approximate surface area is 114 Å². The molecule has 0 saturated heterocycles. The monoisotopic (exact) mass is 304 g/mol. The summed E-state index contributed by atoms with van der Waals surface area (Å²) in [6.07, 6.45) is 4.21. The van der Waals surface area contributed by atoms with E-state index >= 15 is 0 Å². The van der Waals surface area contributed by atoms with Crippen molar-refractivity contribution in [2.45, 2.75) is 25.3 Å². The molecule has 0 amide bonds. The van der Waals surface area contributed by atoms with Crippen LogP contribution in [0.2, 0.25) is 0 Å². The van der Waals surface area contributed by atoms with E-state index < -0.39 is 0 Å². The fourth-order valence-electron chi connectivity index (χ4n) is 2.34. The molecular weight excluding hydrogens is 292 g/mol. The second kappa shape index (κ2) is 4.69. The normalized spacial score (nSPS) is 19.4. The van der Waals surface area contributed by atoms with Crippen LogP contribution in [0.25, 0.3) is 11.3 Å². The maximum absolute atomic E-state index is 11.3. The standard InChI is InChI=1S/C14H13BrN2O/c15-11-3-1-10(2-4-11)14-7-8-17(16-14)12-5-6-13(18)9-12/h1-4,7-8,12H,5-6,9H2. The number of benzene rings is 1. The van der Waals surface area contributed by atoms with Gasteiger partial charge in [-0.1, -0.05) is 28.1 Å². The first-order chi connectivity index (χ1) is 8.72. The second-order valence-electron chi connectivity index (χ2n) is 4.62. The molecule has 0 bridgehead atoms.